The number of β-amino-alcohol motifs (C(OH)–C–C–N with tert-alkyl or cyclic N) is 2. The Kier molecular flexibility index (Phi) is 2.02. The zero-order valence-corrected chi connectivity index (χ0v) is 5.20. The highest BCUT2D eigenvalue weighted by Crippen LogP contribution is 2.06. The third-order valence-electron chi connectivity index (χ3n) is 1.59. The van der Waals surface area contributed by atoms with Crippen LogP contribution in [0, 0.1) is 0 Å². The van der Waals surface area contributed by atoms with E-state index in [0.29, 0.717) is 19.8 Å². The highest BCUT2D eigenvalue weighted by Gasteiger charge is 2.27. The summed E-state index contributed by atoms with van der Waals surface area (Å²) in [6.45, 7) is 1.41. The average molecular weight is 132 g/mol. The van der Waals surface area contributed by atoms with Gasteiger partial charge in [-0.1, -0.05) is 0 Å². The normalized spacial score (nSPS) is 37.7. The van der Waals surface area contributed by atoms with Gasteiger partial charge < -0.3 is 15.9 Å². The molecule has 0 aromatic heterocycles. The van der Waals surface area contributed by atoms with Crippen LogP contribution in [-0.2, 0) is 0 Å². The molecule has 2 atom stereocenters. The number of nitrogens with two attached hydrogens (primary N) is 1. The predicted molar refractivity (Wildman–Crippen MR) is 32.6 cm³/mol. The summed E-state index contributed by atoms with van der Waals surface area (Å²) in [4.78, 5) is 1.80. The van der Waals surface area contributed by atoms with Gasteiger partial charge in [0.05, 0.1) is 12.2 Å². The summed E-state index contributed by atoms with van der Waals surface area (Å²) in [6.07, 6.45) is -1.21. The molecule has 1 saturated heterocycles. The Balaban J connectivity index is 2.35. The van der Waals surface area contributed by atoms with Gasteiger partial charge in [0.2, 0.25) is 0 Å². The second-order valence-electron chi connectivity index (χ2n) is 2.35. The quantitative estimate of drug-likeness (QED) is 0.384. The second-order valence-corrected chi connectivity index (χ2v) is 2.35. The van der Waals surface area contributed by atoms with Crippen LogP contribution in [0.2, 0.25) is 0 Å². The van der Waals surface area contributed by atoms with Crippen LogP contribution in [0.25, 0.3) is 0 Å². The summed E-state index contributed by atoms with van der Waals surface area (Å²) in [5.74, 6) is 0. The Hall–Kier alpha value is -0.160. The Morgan fingerprint density at radius 2 is 1.78 bits per heavy atom. The van der Waals surface area contributed by atoms with Crippen LogP contribution in [0.15, 0.2) is 0 Å². The minimum atomic E-state index is -0.603. The summed E-state index contributed by atoms with van der Waals surface area (Å²) in [6, 6.07) is 0. The monoisotopic (exact) mass is 132 g/mol. The first kappa shape index (κ1) is 6.95. The maximum atomic E-state index is 8.95. The topological polar surface area (TPSA) is 69.7 Å². The molecule has 4 nitrogen and oxygen atoms in total. The van der Waals surface area contributed by atoms with Crippen LogP contribution in [0.3, 0.4) is 0 Å². The van der Waals surface area contributed by atoms with Gasteiger partial charge in [0.25, 0.3) is 0 Å². The Morgan fingerprint density at radius 1 is 1.33 bits per heavy atom. The van der Waals surface area contributed by atoms with Gasteiger partial charge in [-0.15, -0.1) is 0 Å². The molecule has 9 heavy (non-hydrogen) atoms. The molecule has 1 rings (SSSR count). The van der Waals surface area contributed by atoms with E-state index in [9.17, 15) is 0 Å². The van der Waals surface area contributed by atoms with Crippen molar-refractivity contribution in [1.29, 1.82) is 0 Å². The first-order valence-corrected chi connectivity index (χ1v) is 3.02. The molecule has 0 bridgehead atoms. The molecule has 1 aliphatic rings. The van der Waals surface area contributed by atoms with Crippen molar-refractivity contribution < 1.29 is 10.2 Å². The highest BCUT2D eigenvalue weighted by atomic mass is 16.3. The summed E-state index contributed by atoms with van der Waals surface area (Å²) >= 11 is 0. The summed E-state index contributed by atoms with van der Waals surface area (Å²) in [5.41, 5.74) is 5.26. The lowest BCUT2D eigenvalue weighted by atomic mass is 10.3. The fourth-order valence-corrected chi connectivity index (χ4v) is 0.996. The first-order chi connectivity index (χ1) is 4.24. The van der Waals surface area contributed by atoms with Gasteiger partial charge in [0, 0.05) is 19.8 Å². The fraction of sp³-hybridized carbons (Fsp3) is 1.00. The van der Waals surface area contributed by atoms with Crippen molar-refractivity contribution in [3.05, 3.63) is 0 Å². The number of hydrogen-bond acceptors (Lipinski definition) is 4. The molecule has 0 radical (unpaired) electrons. The molecule has 4 N–H and O–H groups in total. The Labute approximate surface area is 53.9 Å². The number of aliphatic hydroxyl groups is 2. The number of rotatable bonds is 1. The first-order valence-electron chi connectivity index (χ1n) is 3.02. The van der Waals surface area contributed by atoms with Crippen molar-refractivity contribution in [3.63, 3.8) is 0 Å². The molecule has 0 spiro atoms. The largest absolute Gasteiger partial charge is 0.389 e. The van der Waals surface area contributed by atoms with E-state index in [2.05, 4.69) is 0 Å². The number of aliphatic hydroxyl groups excluding tert-OH is 2. The van der Waals surface area contributed by atoms with E-state index < -0.39 is 12.2 Å². The minimum Gasteiger partial charge on any atom is -0.389 e. The van der Waals surface area contributed by atoms with Crippen LogP contribution < -0.4 is 5.73 Å². The molecule has 1 fully saturated rings. The summed E-state index contributed by atoms with van der Waals surface area (Å²) in [7, 11) is 0. The molecule has 1 aliphatic heterocycles. The van der Waals surface area contributed by atoms with Gasteiger partial charge in [-0.25, -0.2) is 0 Å². The molecule has 0 aromatic rings. The van der Waals surface area contributed by atoms with E-state index in [1.54, 1.807) is 4.90 Å². The average Bonchev–Trinajstić information content (AvgIpc) is 2.13. The van der Waals surface area contributed by atoms with Crippen molar-refractivity contribution >= 4 is 0 Å². The second kappa shape index (κ2) is 2.62. The molecule has 0 amide bonds. The van der Waals surface area contributed by atoms with Crippen molar-refractivity contribution in [2.24, 2.45) is 5.73 Å². The maximum Gasteiger partial charge on any atom is 0.0938 e. The summed E-state index contributed by atoms with van der Waals surface area (Å²) in [5, 5.41) is 17.9. The van der Waals surface area contributed by atoms with Crippen molar-refractivity contribution in [1.82, 2.24) is 4.90 Å². The summed E-state index contributed by atoms with van der Waals surface area (Å²) < 4.78 is 0. The van der Waals surface area contributed by atoms with Gasteiger partial charge in [0.1, 0.15) is 0 Å². The number of likely N-dealkylation sites (tertiary alicyclic amines) is 1. The zero-order chi connectivity index (χ0) is 6.85. The van der Waals surface area contributed by atoms with E-state index >= 15 is 0 Å². The molecule has 0 aromatic carbocycles. The van der Waals surface area contributed by atoms with Gasteiger partial charge >= 0.3 is 0 Å². The van der Waals surface area contributed by atoms with E-state index in [1.165, 1.54) is 0 Å². The smallest absolute Gasteiger partial charge is 0.0938 e. The van der Waals surface area contributed by atoms with Crippen LogP contribution in [0.4, 0.5) is 0 Å². The third-order valence-corrected chi connectivity index (χ3v) is 1.59. The molecule has 0 aliphatic carbocycles. The Bertz CT molecular complexity index is 89.0. The molecule has 54 valence electrons. The lowest BCUT2D eigenvalue weighted by molar-refractivity contribution is 0.0572. The minimum absolute atomic E-state index is 0.411. The van der Waals surface area contributed by atoms with Crippen molar-refractivity contribution in [3.8, 4) is 0 Å². The van der Waals surface area contributed by atoms with Crippen LogP contribution in [0.5, 0.6) is 0 Å². The van der Waals surface area contributed by atoms with E-state index in [0.717, 1.165) is 0 Å². The van der Waals surface area contributed by atoms with Crippen LogP contribution >= 0.6 is 0 Å². The van der Waals surface area contributed by atoms with Gasteiger partial charge in [-0.2, -0.15) is 0 Å². The molecular weight excluding hydrogens is 120 g/mol. The third kappa shape index (κ3) is 1.40. The van der Waals surface area contributed by atoms with Crippen LogP contribution in [-0.4, -0.2) is 47.1 Å². The Morgan fingerprint density at radius 3 is 2.00 bits per heavy atom. The predicted octanol–water partition coefficient (Wildman–Crippen LogP) is -2.06. The van der Waals surface area contributed by atoms with Crippen molar-refractivity contribution in [2.75, 3.05) is 19.8 Å². The van der Waals surface area contributed by atoms with Gasteiger partial charge in [0.15, 0.2) is 0 Å². The van der Waals surface area contributed by atoms with Gasteiger partial charge in [-0.05, 0) is 0 Å². The number of hydrogen-bond donors (Lipinski definition) is 3. The van der Waals surface area contributed by atoms with E-state index in [-0.39, 0.29) is 0 Å². The highest BCUT2D eigenvalue weighted by molar-refractivity contribution is 4.81. The standard InChI is InChI=1S/C5H12N2O2/c6-3-7-1-4(8)5(9)2-7/h4-5,8-9H,1-3,6H2. The maximum absolute atomic E-state index is 8.95. The molecule has 4 heteroatoms. The van der Waals surface area contributed by atoms with Gasteiger partial charge in [-0.3, -0.25) is 4.90 Å². The van der Waals surface area contributed by atoms with Crippen LogP contribution in [0.1, 0.15) is 0 Å². The number of nitrogens with zero attached hydrogens (tertiary/aromatic N) is 1. The molecule has 0 saturated carbocycles. The lowest BCUT2D eigenvalue weighted by Gasteiger charge is -2.08. The molecule has 2 unspecified atom stereocenters. The molecular formula is C5H12N2O2. The zero-order valence-electron chi connectivity index (χ0n) is 5.20. The van der Waals surface area contributed by atoms with Crippen molar-refractivity contribution in [2.45, 2.75) is 12.2 Å². The lowest BCUT2D eigenvalue weighted by Crippen LogP contribution is -2.28. The molecule has 1 heterocycles. The fourth-order valence-electron chi connectivity index (χ4n) is 0.996. The SMILES string of the molecule is NCN1CC(O)C(O)C1. The van der Waals surface area contributed by atoms with E-state index in [1.807, 2.05) is 0 Å². The van der Waals surface area contributed by atoms with E-state index in [4.69, 9.17) is 15.9 Å².